The number of aryl methyl sites for hydroxylation is 1. The van der Waals surface area contributed by atoms with E-state index in [1.807, 2.05) is 25.7 Å². The van der Waals surface area contributed by atoms with Gasteiger partial charge in [-0.05, 0) is 88.5 Å². The van der Waals surface area contributed by atoms with Crippen LogP contribution in [0.15, 0.2) is 18.2 Å². The summed E-state index contributed by atoms with van der Waals surface area (Å²) in [4.78, 5) is 40.4. The number of imide groups is 1. The third kappa shape index (κ3) is 5.33. The maximum absolute atomic E-state index is 12.4. The quantitative estimate of drug-likeness (QED) is 0.679. The summed E-state index contributed by atoms with van der Waals surface area (Å²) in [6.45, 7) is 11.3. The van der Waals surface area contributed by atoms with Gasteiger partial charge >= 0.3 is 6.09 Å². The molecule has 1 aromatic carbocycles. The third-order valence-corrected chi connectivity index (χ3v) is 7.53. The highest BCUT2D eigenvalue weighted by atomic mass is 16.6. The highest BCUT2D eigenvalue weighted by Gasteiger charge is 2.39. The van der Waals surface area contributed by atoms with E-state index in [1.165, 1.54) is 5.69 Å². The molecule has 1 unspecified atom stereocenters. The van der Waals surface area contributed by atoms with Crippen LogP contribution in [0.2, 0.25) is 0 Å². The molecule has 7 heteroatoms. The molecule has 1 spiro atoms. The number of benzene rings is 1. The second kappa shape index (κ2) is 8.99. The zero-order chi connectivity index (χ0) is 23.8. The Morgan fingerprint density at radius 1 is 1.06 bits per heavy atom. The lowest BCUT2D eigenvalue weighted by Crippen LogP contribution is -2.49. The summed E-state index contributed by atoms with van der Waals surface area (Å²) in [5, 5.41) is 2.47. The molecule has 0 radical (unpaired) electrons. The minimum absolute atomic E-state index is 0.176. The van der Waals surface area contributed by atoms with Gasteiger partial charge in [0, 0.05) is 38.3 Å². The van der Waals surface area contributed by atoms with Crippen molar-refractivity contribution >= 4 is 23.6 Å². The predicted octanol–water partition coefficient (Wildman–Crippen LogP) is 4.13. The fraction of sp³-hybridized carbons (Fsp3) is 0.654. The molecule has 1 N–H and O–H groups in total. The van der Waals surface area contributed by atoms with Crippen molar-refractivity contribution < 1.29 is 19.1 Å². The maximum Gasteiger partial charge on any atom is 0.410 e. The van der Waals surface area contributed by atoms with Crippen LogP contribution in [0.5, 0.6) is 0 Å². The summed E-state index contributed by atoms with van der Waals surface area (Å²) in [5.74, 6) is -0.596. The van der Waals surface area contributed by atoms with E-state index in [2.05, 4.69) is 35.3 Å². The average molecular weight is 456 g/mol. The van der Waals surface area contributed by atoms with Crippen molar-refractivity contribution in [3.8, 4) is 0 Å². The third-order valence-electron chi connectivity index (χ3n) is 7.53. The Labute approximate surface area is 196 Å². The Bertz CT molecular complexity index is 918. The molecule has 3 heterocycles. The van der Waals surface area contributed by atoms with Crippen LogP contribution >= 0.6 is 0 Å². The number of likely N-dealkylation sites (tertiary alicyclic amines) is 1. The monoisotopic (exact) mass is 455 g/mol. The largest absolute Gasteiger partial charge is 0.444 e. The lowest BCUT2D eigenvalue weighted by Gasteiger charge is -2.47. The van der Waals surface area contributed by atoms with Gasteiger partial charge in [-0.3, -0.25) is 14.9 Å². The first kappa shape index (κ1) is 23.6. The number of ether oxygens (including phenoxy) is 1. The molecule has 0 saturated carbocycles. The summed E-state index contributed by atoms with van der Waals surface area (Å²) >= 11 is 0. The van der Waals surface area contributed by atoms with Crippen molar-refractivity contribution in [2.24, 2.45) is 5.41 Å². The molecular formula is C26H37N3O4. The molecule has 3 amide bonds. The molecule has 3 fully saturated rings. The van der Waals surface area contributed by atoms with Crippen LogP contribution in [0.25, 0.3) is 0 Å². The second-order valence-corrected chi connectivity index (χ2v) is 11.0. The van der Waals surface area contributed by atoms with Gasteiger partial charge in [-0.15, -0.1) is 0 Å². The van der Waals surface area contributed by atoms with Crippen molar-refractivity contribution in [3.05, 3.63) is 29.3 Å². The molecule has 3 aliphatic rings. The molecule has 3 saturated heterocycles. The summed E-state index contributed by atoms with van der Waals surface area (Å²) in [7, 11) is 0. The first-order valence-corrected chi connectivity index (χ1v) is 12.2. The van der Waals surface area contributed by atoms with E-state index in [-0.39, 0.29) is 23.8 Å². The summed E-state index contributed by atoms with van der Waals surface area (Å²) in [6, 6.07) is 6.37. The Kier molecular flexibility index (Phi) is 6.43. The van der Waals surface area contributed by atoms with Crippen LogP contribution < -0.4 is 10.2 Å². The van der Waals surface area contributed by atoms with Gasteiger partial charge in [0.05, 0.1) is 5.92 Å². The SMILES string of the molecule is Cc1cc(N2CCC3(CCN(C(=O)OC(C)(C)C)CC3)CC2)ccc1C1CCC(=O)NC1=O. The number of nitrogens with one attached hydrogen (secondary N) is 1. The molecule has 1 atom stereocenters. The van der Waals surface area contributed by atoms with E-state index in [0.29, 0.717) is 18.3 Å². The van der Waals surface area contributed by atoms with Crippen molar-refractivity contribution in [2.75, 3.05) is 31.1 Å². The highest BCUT2D eigenvalue weighted by Crippen LogP contribution is 2.42. The minimum Gasteiger partial charge on any atom is -0.444 e. The van der Waals surface area contributed by atoms with Crippen LogP contribution in [-0.2, 0) is 14.3 Å². The minimum atomic E-state index is -0.455. The molecule has 7 nitrogen and oxygen atoms in total. The Hall–Kier alpha value is -2.57. The van der Waals surface area contributed by atoms with Crippen molar-refractivity contribution in [3.63, 3.8) is 0 Å². The van der Waals surface area contributed by atoms with Gasteiger partial charge in [0.2, 0.25) is 11.8 Å². The first-order chi connectivity index (χ1) is 15.6. The molecular weight excluding hydrogens is 418 g/mol. The summed E-state index contributed by atoms with van der Waals surface area (Å²) < 4.78 is 5.54. The molecule has 0 bridgehead atoms. The summed E-state index contributed by atoms with van der Waals surface area (Å²) in [6.07, 6.45) is 5.11. The number of amides is 3. The second-order valence-electron chi connectivity index (χ2n) is 11.0. The normalized spacial score (nSPS) is 23.5. The maximum atomic E-state index is 12.4. The molecule has 33 heavy (non-hydrogen) atoms. The van der Waals surface area contributed by atoms with Gasteiger partial charge in [0.25, 0.3) is 0 Å². The Morgan fingerprint density at radius 3 is 2.27 bits per heavy atom. The van der Waals surface area contributed by atoms with E-state index in [9.17, 15) is 14.4 Å². The van der Waals surface area contributed by atoms with E-state index >= 15 is 0 Å². The predicted molar refractivity (Wildman–Crippen MR) is 127 cm³/mol. The standard InChI is InChI=1S/C26H37N3O4/c1-18-17-19(5-6-20(18)21-7-8-22(30)27-23(21)31)28-13-9-26(10-14-28)11-15-29(16-12-26)24(32)33-25(2,3)4/h5-6,17,21H,7-16H2,1-4H3,(H,27,30,31). The lowest BCUT2D eigenvalue weighted by atomic mass is 9.71. The van der Waals surface area contributed by atoms with E-state index < -0.39 is 5.60 Å². The van der Waals surface area contributed by atoms with Crippen LogP contribution in [0.4, 0.5) is 10.5 Å². The highest BCUT2D eigenvalue weighted by molar-refractivity contribution is 6.01. The summed E-state index contributed by atoms with van der Waals surface area (Å²) in [5.41, 5.74) is 3.18. The van der Waals surface area contributed by atoms with Gasteiger partial charge < -0.3 is 14.5 Å². The number of carbonyl (C=O) groups excluding carboxylic acids is 3. The molecule has 180 valence electrons. The fourth-order valence-electron chi connectivity index (χ4n) is 5.47. The molecule has 0 aromatic heterocycles. The Morgan fingerprint density at radius 2 is 1.70 bits per heavy atom. The van der Waals surface area contributed by atoms with Crippen LogP contribution in [0.3, 0.4) is 0 Å². The van der Waals surface area contributed by atoms with E-state index in [0.717, 1.165) is 63.0 Å². The average Bonchev–Trinajstić information content (AvgIpc) is 2.74. The Balaban J connectivity index is 1.33. The van der Waals surface area contributed by atoms with Crippen molar-refractivity contribution in [1.29, 1.82) is 0 Å². The zero-order valence-electron chi connectivity index (χ0n) is 20.4. The first-order valence-electron chi connectivity index (χ1n) is 12.2. The van der Waals surface area contributed by atoms with Crippen LogP contribution in [0.1, 0.15) is 76.3 Å². The number of hydrogen-bond acceptors (Lipinski definition) is 5. The van der Waals surface area contributed by atoms with E-state index in [4.69, 9.17) is 4.74 Å². The van der Waals surface area contributed by atoms with Crippen molar-refractivity contribution in [2.45, 2.75) is 77.7 Å². The van der Waals surface area contributed by atoms with Gasteiger partial charge in [-0.1, -0.05) is 6.07 Å². The molecule has 1 aromatic rings. The number of anilines is 1. The van der Waals surface area contributed by atoms with Gasteiger partial charge in [0.1, 0.15) is 5.60 Å². The zero-order valence-corrected chi connectivity index (χ0v) is 20.4. The van der Waals surface area contributed by atoms with Gasteiger partial charge in [0.15, 0.2) is 0 Å². The van der Waals surface area contributed by atoms with Crippen LogP contribution in [0, 0.1) is 12.3 Å². The number of rotatable bonds is 2. The van der Waals surface area contributed by atoms with Crippen molar-refractivity contribution in [1.82, 2.24) is 10.2 Å². The topological polar surface area (TPSA) is 79.0 Å². The number of carbonyl (C=O) groups is 3. The number of hydrogen-bond donors (Lipinski definition) is 1. The van der Waals surface area contributed by atoms with E-state index in [1.54, 1.807) is 0 Å². The van der Waals surface area contributed by atoms with Gasteiger partial charge in [-0.2, -0.15) is 0 Å². The fourth-order valence-corrected chi connectivity index (χ4v) is 5.47. The smallest absolute Gasteiger partial charge is 0.410 e. The van der Waals surface area contributed by atoms with Gasteiger partial charge in [-0.25, -0.2) is 4.79 Å². The lowest BCUT2D eigenvalue weighted by molar-refractivity contribution is -0.134. The number of nitrogens with zero attached hydrogens (tertiary/aromatic N) is 2. The molecule has 0 aliphatic carbocycles. The number of piperidine rings is 3. The molecule has 4 rings (SSSR count). The van der Waals surface area contributed by atoms with Crippen LogP contribution in [-0.4, -0.2) is 54.6 Å². The molecule has 3 aliphatic heterocycles.